The SMILES string of the molecule is CCCCCCCCN1CCN=C1C(Cn1ccnc1)c1ccccc1.Cl.Cl. The van der Waals surface area contributed by atoms with Crippen molar-refractivity contribution in [1.29, 1.82) is 0 Å². The van der Waals surface area contributed by atoms with Gasteiger partial charge in [-0.15, -0.1) is 24.8 Å². The zero-order valence-electron chi connectivity index (χ0n) is 16.9. The number of halogens is 2. The molecule has 1 atom stereocenters. The molecule has 156 valence electrons. The number of nitrogens with zero attached hydrogens (tertiary/aromatic N) is 4. The van der Waals surface area contributed by atoms with E-state index in [2.05, 4.69) is 51.7 Å². The molecule has 3 rings (SSSR count). The molecule has 0 amide bonds. The molecule has 28 heavy (non-hydrogen) atoms. The van der Waals surface area contributed by atoms with Crippen molar-refractivity contribution in [3.63, 3.8) is 0 Å². The quantitative estimate of drug-likeness (QED) is 0.440. The molecule has 0 spiro atoms. The lowest BCUT2D eigenvalue weighted by atomic mass is 9.96. The van der Waals surface area contributed by atoms with Gasteiger partial charge in [0.25, 0.3) is 0 Å². The van der Waals surface area contributed by atoms with Gasteiger partial charge >= 0.3 is 0 Å². The molecular formula is C22H34Cl2N4. The van der Waals surface area contributed by atoms with Gasteiger partial charge in [-0.25, -0.2) is 4.98 Å². The van der Waals surface area contributed by atoms with Crippen LogP contribution in [0.15, 0.2) is 54.0 Å². The van der Waals surface area contributed by atoms with Gasteiger partial charge in [-0.3, -0.25) is 4.99 Å². The standard InChI is InChI=1S/C22H32N4.2ClH/c1-2-3-4-5-6-10-15-26-17-14-24-22(26)21(18-25-16-13-23-19-25)20-11-8-7-9-12-20;;/h7-9,11-13,16,19,21H,2-6,10,14-15,17-18H2,1H3;2*1H. The van der Waals surface area contributed by atoms with Gasteiger partial charge in [-0.1, -0.05) is 69.4 Å². The zero-order valence-corrected chi connectivity index (χ0v) is 18.5. The minimum atomic E-state index is 0. The van der Waals surface area contributed by atoms with Crippen LogP contribution in [0.25, 0.3) is 0 Å². The summed E-state index contributed by atoms with van der Waals surface area (Å²) in [6.07, 6.45) is 13.8. The van der Waals surface area contributed by atoms with Crippen molar-refractivity contribution >= 4 is 30.6 Å². The Morgan fingerprint density at radius 3 is 2.46 bits per heavy atom. The van der Waals surface area contributed by atoms with Gasteiger partial charge in [0.1, 0.15) is 5.84 Å². The highest BCUT2D eigenvalue weighted by Crippen LogP contribution is 2.24. The van der Waals surface area contributed by atoms with Gasteiger partial charge in [0.05, 0.1) is 18.8 Å². The Hall–Kier alpha value is -1.52. The second kappa shape index (κ2) is 13.6. The fourth-order valence-corrected chi connectivity index (χ4v) is 3.77. The molecule has 2 heterocycles. The van der Waals surface area contributed by atoms with Crippen molar-refractivity contribution < 1.29 is 0 Å². The van der Waals surface area contributed by atoms with Gasteiger partial charge in [0.15, 0.2) is 0 Å². The van der Waals surface area contributed by atoms with Crippen LogP contribution in [0.4, 0.5) is 0 Å². The smallest absolute Gasteiger partial charge is 0.108 e. The van der Waals surface area contributed by atoms with E-state index in [4.69, 9.17) is 4.99 Å². The summed E-state index contributed by atoms with van der Waals surface area (Å²) in [7, 11) is 0. The summed E-state index contributed by atoms with van der Waals surface area (Å²) in [4.78, 5) is 11.6. The van der Waals surface area contributed by atoms with Gasteiger partial charge in [0, 0.05) is 32.0 Å². The highest BCUT2D eigenvalue weighted by molar-refractivity contribution is 5.90. The summed E-state index contributed by atoms with van der Waals surface area (Å²) < 4.78 is 2.17. The lowest BCUT2D eigenvalue weighted by molar-refractivity contribution is 0.415. The van der Waals surface area contributed by atoms with E-state index in [0.717, 1.165) is 26.2 Å². The molecule has 0 bridgehead atoms. The maximum atomic E-state index is 4.91. The fourth-order valence-electron chi connectivity index (χ4n) is 3.77. The van der Waals surface area contributed by atoms with E-state index < -0.39 is 0 Å². The molecule has 1 aromatic heterocycles. The van der Waals surface area contributed by atoms with E-state index in [1.807, 2.05) is 18.7 Å². The number of benzene rings is 1. The van der Waals surface area contributed by atoms with Crippen LogP contribution in [-0.2, 0) is 6.54 Å². The maximum Gasteiger partial charge on any atom is 0.108 e. The van der Waals surface area contributed by atoms with Crippen LogP contribution < -0.4 is 0 Å². The molecule has 0 aliphatic carbocycles. The minimum Gasteiger partial charge on any atom is -0.358 e. The number of rotatable bonds is 11. The zero-order chi connectivity index (χ0) is 18.0. The van der Waals surface area contributed by atoms with Gasteiger partial charge in [-0.2, -0.15) is 0 Å². The summed E-state index contributed by atoms with van der Waals surface area (Å²) >= 11 is 0. The van der Waals surface area contributed by atoms with Crippen LogP contribution in [0, 0.1) is 0 Å². The third kappa shape index (κ3) is 7.14. The predicted octanol–water partition coefficient (Wildman–Crippen LogP) is 5.59. The summed E-state index contributed by atoms with van der Waals surface area (Å²) in [5.41, 5.74) is 1.34. The normalized spacial score (nSPS) is 14.2. The van der Waals surface area contributed by atoms with Crippen molar-refractivity contribution in [3.05, 3.63) is 54.6 Å². The van der Waals surface area contributed by atoms with E-state index in [-0.39, 0.29) is 24.8 Å². The number of aromatic nitrogens is 2. The van der Waals surface area contributed by atoms with Crippen molar-refractivity contribution in [2.24, 2.45) is 4.99 Å². The molecule has 0 saturated carbocycles. The van der Waals surface area contributed by atoms with Crippen LogP contribution >= 0.6 is 24.8 Å². The Kier molecular flexibility index (Phi) is 11.9. The van der Waals surface area contributed by atoms with E-state index >= 15 is 0 Å². The average Bonchev–Trinajstić information content (AvgIpc) is 3.35. The molecule has 6 heteroatoms. The van der Waals surface area contributed by atoms with Gasteiger partial charge in [-0.05, 0) is 12.0 Å². The predicted molar refractivity (Wildman–Crippen MR) is 123 cm³/mol. The van der Waals surface area contributed by atoms with E-state index in [1.165, 1.54) is 49.9 Å². The van der Waals surface area contributed by atoms with E-state index in [9.17, 15) is 0 Å². The van der Waals surface area contributed by atoms with Crippen LogP contribution in [0.3, 0.4) is 0 Å². The molecule has 1 unspecified atom stereocenters. The first-order valence-electron chi connectivity index (χ1n) is 10.2. The molecule has 2 aromatic rings. The Morgan fingerprint density at radius 1 is 1.00 bits per heavy atom. The molecular weight excluding hydrogens is 391 g/mol. The second-order valence-electron chi connectivity index (χ2n) is 7.22. The number of hydrogen-bond acceptors (Lipinski definition) is 3. The first-order valence-corrected chi connectivity index (χ1v) is 10.2. The van der Waals surface area contributed by atoms with Crippen LogP contribution in [0.2, 0.25) is 0 Å². The molecule has 0 saturated heterocycles. The van der Waals surface area contributed by atoms with Crippen LogP contribution in [0.5, 0.6) is 0 Å². The topological polar surface area (TPSA) is 33.4 Å². The molecule has 4 nitrogen and oxygen atoms in total. The third-order valence-electron chi connectivity index (χ3n) is 5.22. The summed E-state index contributed by atoms with van der Waals surface area (Å²) in [6, 6.07) is 10.8. The fraction of sp³-hybridized carbons (Fsp3) is 0.545. The van der Waals surface area contributed by atoms with E-state index in [0.29, 0.717) is 5.92 Å². The number of amidine groups is 1. The summed E-state index contributed by atoms with van der Waals surface area (Å²) in [6.45, 7) is 6.31. The lowest BCUT2D eigenvalue weighted by Gasteiger charge is -2.27. The molecule has 1 aliphatic heterocycles. The van der Waals surface area contributed by atoms with Crippen LogP contribution in [-0.4, -0.2) is 39.9 Å². The molecule has 1 aliphatic rings. The van der Waals surface area contributed by atoms with Crippen molar-refractivity contribution in [2.75, 3.05) is 19.6 Å². The number of imidazole rings is 1. The average molecular weight is 425 g/mol. The van der Waals surface area contributed by atoms with Crippen molar-refractivity contribution in [2.45, 2.75) is 57.9 Å². The number of hydrogen-bond donors (Lipinski definition) is 0. The van der Waals surface area contributed by atoms with Gasteiger partial charge in [0.2, 0.25) is 0 Å². The Bertz CT molecular complexity index is 658. The maximum absolute atomic E-state index is 4.91. The van der Waals surface area contributed by atoms with Crippen molar-refractivity contribution in [3.8, 4) is 0 Å². The Labute approximate surface area is 182 Å². The molecule has 0 radical (unpaired) electrons. The minimum absolute atomic E-state index is 0. The molecule has 0 N–H and O–H groups in total. The Balaban J connectivity index is 0.00000196. The van der Waals surface area contributed by atoms with Crippen molar-refractivity contribution in [1.82, 2.24) is 14.5 Å². The number of aliphatic imine (C=N–C) groups is 1. The summed E-state index contributed by atoms with van der Waals surface area (Å²) in [5.74, 6) is 1.56. The summed E-state index contributed by atoms with van der Waals surface area (Å²) in [5, 5.41) is 0. The molecule has 1 aromatic carbocycles. The van der Waals surface area contributed by atoms with Crippen LogP contribution in [0.1, 0.15) is 56.9 Å². The van der Waals surface area contributed by atoms with Gasteiger partial charge < -0.3 is 9.47 Å². The second-order valence-corrected chi connectivity index (χ2v) is 7.22. The Morgan fingerprint density at radius 2 is 1.75 bits per heavy atom. The molecule has 0 fully saturated rings. The largest absolute Gasteiger partial charge is 0.358 e. The first kappa shape index (κ1) is 24.5. The highest BCUT2D eigenvalue weighted by Gasteiger charge is 2.26. The first-order chi connectivity index (χ1) is 12.9. The van der Waals surface area contributed by atoms with E-state index in [1.54, 1.807) is 0 Å². The number of unbranched alkanes of at least 4 members (excludes halogenated alkanes) is 5. The third-order valence-corrected chi connectivity index (χ3v) is 5.22. The lowest BCUT2D eigenvalue weighted by Crippen LogP contribution is -2.34. The highest BCUT2D eigenvalue weighted by atomic mass is 35.5. The monoisotopic (exact) mass is 424 g/mol.